The highest BCUT2D eigenvalue weighted by Gasteiger charge is 2.04. The monoisotopic (exact) mass is 226 g/mol. The second-order valence-electron chi connectivity index (χ2n) is 3.30. The van der Waals surface area contributed by atoms with Crippen LogP contribution in [-0.2, 0) is 4.74 Å². The first-order valence-electron chi connectivity index (χ1n) is 4.77. The molecule has 0 amide bonds. The average Bonchev–Trinajstić information content (AvgIpc) is 2.16. The summed E-state index contributed by atoms with van der Waals surface area (Å²) in [5, 5.41) is 42.1. The molecule has 0 heterocycles. The average molecular weight is 226 g/mol. The van der Waals surface area contributed by atoms with Crippen LogP contribution >= 0.6 is 0 Å². The van der Waals surface area contributed by atoms with Crippen molar-refractivity contribution in [2.24, 2.45) is 0 Å². The van der Waals surface area contributed by atoms with Gasteiger partial charge in [0, 0.05) is 6.10 Å². The molecule has 0 saturated heterocycles. The molecular weight excluding hydrogens is 204 g/mol. The Morgan fingerprint density at radius 1 is 0.867 bits per heavy atom. The number of aliphatic hydroxyl groups excluding tert-OH is 5. The highest BCUT2D eigenvalue weighted by Crippen LogP contribution is 1.87. The Hall–Kier alpha value is -0.240. The van der Waals surface area contributed by atoms with Crippen molar-refractivity contribution < 1.29 is 30.3 Å². The van der Waals surface area contributed by atoms with Gasteiger partial charge >= 0.3 is 0 Å². The fraction of sp³-hybridized carbons (Fsp3) is 1.00. The van der Waals surface area contributed by atoms with Crippen molar-refractivity contribution in [3.63, 3.8) is 0 Å². The first-order chi connectivity index (χ1) is 6.93. The SMILES string of the molecule is CC(C)O.OCC(O)COCC(O)CO. The molecule has 0 bridgehead atoms. The molecule has 6 nitrogen and oxygen atoms in total. The van der Waals surface area contributed by atoms with Crippen LogP contribution in [0.4, 0.5) is 0 Å². The van der Waals surface area contributed by atoms with Gasteiger partial charge in [-0.2, -0.15) is 0 Å². The van der Waals surface area contributed by atoms with E-state index in [9.17, 15) is 0 Å². The van der Waals surface area contributed by atoms with Crippen LogP contribution in [0.3, 0.4) is 0 Å². The topological polar surface area (TPSA) is 110 Å². The molecule has 0 aliphatic rings. The molecule has 0 aromatic carbocycles. The second kappa shape index (κ2) is 11.8. The molecule has 0 aliphatic heterocycles. The summed E-state index contributed by atoms with van der Waals surface area (Å²) < 4.78 is 4.72. The number of aliphatic hydroxyl groups is 5. The second-order valence-corrected chi connectivity index (χ2v) is 3.30. The highest BCUT2D eigenvalue weighted by atomic mass is 16.5. The Morgan fingerprint density at radius 3 is 1.33 bits per heavy atom. The molecule has 6 heteroatoms. The van der Waals surface area contributed by atoms with Gasteiger partial charge in [0.15, 0.2) is 0 Å². The van der Waals surface area contributed by atoms with Gasteiger partial charge in [0.05, 0.1) is 26.4 Å². The van der Waals surface area contributed by atoms with E-state index in [0.29, 0.717) is 0 Å². The first-order valence-corrected chi connectivity index (χ1v) is 4.77. The fourth-order valence-corrected chi connectivity index (χ4v) is 0.446. The maximum absolute atomic E-state index is 8.72. The molecule has 0 fully saturated rings. The zero-order valence-electron chi connectivity index (χ0n) is 9.20. The van der Waals surface area contributed by atoms with Crippen molar-refractivity contribution in [3.8, 4) is 0 Å². The summed E-state index contributed by atoms with van der Waals surface area (Å²) in [6, 6.07) is 0. The highest BCUT2D eigenvalue weighted by molar-refractivity contribution is 4.52. The van der Waals surface area contributed by atoms with Gasteiger partial charge in [-0.15, -0.1) is 0 Å². The third kappa shape index (κ3) is 20.0. The van der Waals surface area contributed by atoms with E-state index in [1.165, 1.54) is 0 Å². The van der Waals surface area contributed by atoms with E-state index in [2.05, 4.69) is 0 Å². The molecule has 0 aliphatic carbocycles. The lowest BCUT2D eigenvalue weighted by molar-refractivity contribution is -0.0364. The van der Waals surface area contributed by atoms with Gasteiger partial charge in [-0.1, -0.05) is 0 Å². The van der Waals surface area contributed by atoms with Crippen molar-refractivity contribution in [2.75, 3.05) is 26.4 Å². The van der Waals surface area contributed by atoms with Gasteiger partial charge < -0.3 is 30.3 Å². The number of hydrogen-bond donors (Lipinski definition) is 5. The summed E-state index contributed by atoms with van der Waals surface area (Å²) >= 11 is 0. The Balaban J connectivity index is 0. The summed E-state index contributed by atoms with van der Waals surface area (Å²) in [5.41, 5.74) is 0. The van der Waals surface area contributed by atoms with E-state index >= 15 is 0 Å². The summed E-state index contributed by atoms with van der Waals surface area (Å²) in [6.45, 7) is 2.64. The summed E-state index contributed by atoms with van der Waals surface area (Å²) in [6.07, 6.45) is -2.00. The maximum atomic E-state index is 8.72. The normalized spacial score (nSPS) is 14.4. The minimum atomic E-state index is -0.916. The van der Waals surface area contributed by atoms with Crippen LogP contribution in [-0.4, -0.2) is 70.3 Å². The molecule has 0 rings (SSSR count). The Kier molecular flexibility index (Phi) is 13.5. The van der Waals surface area contributed by atoms with Crippen LogP contribution in [0.2, 0.25) is 0 Å². The Bertz CT molecular complexity index is 106. The summed E-state index contributed by atoms with van der Waals surface area (Å²) in [5.74, 6) is 0. The van der Waals surface area contributed by atoms with Crippen LogP contribution in [0.15, 0.2) is 0 Å². The van der Waals surface area contributed by atoms with Crippen molar-refractivity contribution in [3.05, 3.63) is 0 Å². The number of rotatable bonds is 6. The summed E-state index contributed by atoms with van der Waals surface area (Å²) in [7, 11) is 0. The molecule has 0 radical (unpaired) electrons. The smallest absolute Gasteiger partial charge is 0.100 e. The minimum absolute atomic E-state index is 0.0342. The lowest BCUT2D eigenvalue weighted by Crippen LogP contribution is -2.25. The fourth-order valence-electron chi connectivity index (χ4n) is 0.446. The van der Waals surface area contributed by atoms with Gasteiger partial charge in [-0.3, -0.25) is 0 Å². The molecule has 0 saturated carbocycles. The van der Waals surface area contributed by atoms with Gasteiger partial charge in [0.25, 0.3) is 0 Å². The van der Waals surface area contributed by atoms with Crippen molar-refractivity contribution in [1.82, 2.24) is 0 Å². The molecule has 0 spiro atoms. The maximum Gasteiger partial charge on any atom is 0.100 e. The van der Waals surface area contributed by atoms with Crippen LogP contribution in [0, 0.1) is 0 Å². The Morgan fingerprint density at radius 2 is 1.13 bits per heavy atom. The predicted molar refractivity (Wildman–Crippen MR) is 54.4 cm³/mol. The van der Waals surface area contributed by atoms with Gasteiger partial charge in [0.1, 0.15) is 12.2 Å². The molecule has 0 aromatic rings. The van der Waals surface area contributed by atoms with Crippen LogP contribution < -0.4 is 0 Å². The molecule has 94 valence electrons. The van der Waals surface area contributed by atoms with Gasteiger partial charge in [-0.25, -0.2) is 0 Å². The zero-order chi connectivity index (χ0) is 12.3. The zero-order valence-corrected chi connectivity index (χ0v) is 9.20. The molecule has 5 N–H and O–H groups in total. The van der Waals surface area contributed by atoms with E-state index in [4.69, 9.17) is 30.3 Å². The van der Waals surface area contributed by atoms with Gasteiger partial charge in [0.2, 0.25) is 0 Å². The number of hydrogen-bond acceptors (Lipinski definition) is 6. The van der Waals surface area contributed by atoms with Crippen molar-refractivity contribution in [2.45, 2.75) is 32.2 Å². The third-order valence-corrected chi connectivity index (χ3v) is 1.04. The molecule has 15 heavy (non-hydrogen) atoms. The van der Waals surface area contributed by atoms with E-state index in [1.807, 2.05) is 0 Å². The van der Waals surface area contributed by atoms with Crippen LogP contribution in [0.25, 0.3) is 0 Å². The largest absolute Gasteiger partial charge is 0.394 e. The molecule has 2 unspecified atom stereocenters. The van der Waals surface area contributed by atoms with Crippen molar-refractivity contribution >= 4 is 0 Å². The predicted octanol–water partition coefficient (Wildman–Crippen LogP) is -1.90. The third-order valence-electron chi connectivity index (χ3n) is 1.04. The van der Waals surface area contributed by atoms with E-state index in [-0.39, 0.29) is 32.5 Å². The van der Waals surface area contributed by atoms with Crippen molar-refractivity contribution in [1.29, 1.82) is 0 Å². The molecule has 0 aromatic heterocycles. The first kappa shape index (κ1) is 17.2. The standard InChI is InChI=1S/C6H14O5.C3H8O/c7-1-5(9)3-11-4-6(10)2-8;1-3(2)4/h5-10H,1-4H2;3-4H,1-2H3. The Labute approximate surface area is 89.7 Å². The molecule has 2 atom stereocenters. The van der Waals surface area contributed by atoms with Crippen LogP contribution in [0.1, 0.15) is 13.8 Å². The quantitative estimate of drug-likeness (QED) is 0.362. The van der Waals surface area contributed by atoms with E-state index in [1.54, 1.807) is 13.8 Å². The van der Waals surface area contributed by atoms with E-state index < -0.39 is 12.2 Å². The van der Waals surface area contributed by atoms with Gasteiger partial charge in [-0.05, 0) is 13.8 Å². The lowest BCUT2D eigenvalue weighted by Gasteiger charge is -2.10. The number of ether oxygens (including phenoxy) is 1. The lowest BCUT2D eigenvalue weighted by atomic mass is 10.4. The van der Waals surface area contributed by atoms with Crippen LogP contribution in [0.5, 0.6) is 0 Å². The van der Waals surface area contributed by atoms with E-state index in [0.717, 1.165) is 0 Å². The summed E-state index contributed by atoms with van der Waals surface area (Å²) in [4.78, 5) is 0. The molecular formula is C9H22O6. The minimum Gasteiger partial charge on any atom is -0.394 e.